The second-order valence-electron chi connectivity index (χ2n) is 6.37. The largest absolute Gasteiger partial charge is 0.378 e. The lowest BCUT2D eigenvalue weighted by molar-refractivity contribution is 0.0998. The molecular formula is C20H21N5O2. The van der Waals surface area contributed by atoms with Crippen molar-refractivity contribution in [3.05, 3.63) is 65.9 Å². The van der Waals surface area contributed by atoms with E-state index >= 15 is 0 Å². The van der Waals surface area contributed by atoms with E-state index in [1.54, 1.807) is 54.3 Å². The average molecular weight is 363 g/mol. The van der Waals surface area contributed by atoms with Gasteiger partial charge in [0.1, 0.15) is 0 Å². The Bertz CT molecular complexity index is 990. The number of nitrogens with one attached hydrogen (secondary N) is 1. The summed E-state index contributed by atoms with van der Waals surface area (Å²) in [5.74, 6) is -0.448. The first-order valence-electron chi connectivity index (χ1n) is 8.38. The van der Waals surface area contributed by atoms with Crippen molar-refractivity contribution in [3.63, 3.8) is 0 Å². The molecule has 0 unspecified atom stereocenters. The number of primary amides is 1. The SMILES string of the molecule is CN(C)c1ccc(C(=O)Nc2nn(C)cc2-c2ccccc2C(N)=O)cc1. The molecule has 0 saturated carbocycles. The van der Waals surface area contributed by atoms with Gasteiger partial charge in [-0.1, -0.05) is 18.2 Å². The number of amides is 2. The highest BCUT2D eigenvalue weighted by Crippen LogP contribution is 2.30. The number of nitrogens with zero attached hydrogens (tertiary/aromatic N) is 3. The molecule has 138 valence electrons. The molecule has 0 aliphatic heterocycles. The molecule has 3 N–H and O–H groups in total. The van der Waals surface area contributed by atoms with Crippen molar-refractivity contribution in [2.45, 2.75) is 0 Å². The number of hydrogen-bond donors (Lipinski definition) is 2. The summed E-state index contributed by atoms with van der Waals surface area (Å²) in [5.41, 5.74) is 8.62. The van der Waals surface area contributed by atoms with Gasteiger partial charge in [0, 0.05) is 49.7 Å². The highest BCUT2D eigenvalue weighted by molar-refractivity contribution is 6.07. The number of nitrogens with two attached hydrogens (primary N) is 1. The van der Waals surface area contributed by atoms with Crippen LogP contribution in [0.3, 0.4) is 0 Å². The maximum atomic E-state index is 12.6. The molecule has 1 aromatic heterocycles. The molecule has 0 spiro atoms. The topological polar surface area (TPSA) is 93.2 Å². The Hall–Kier alpha value is -3.61. The summed E-state index contributed by atoms with van der Waals surface area (Å²) in [6.45, 7) is 0. The second kappa shape index (κ2) is 7.33. The molecule has 3 aromatic rings. The maximum Gasteiger partial charge on any atom is 0.256 e. The fraction of sp³-hybridized carbons (Fsp3) is 0.150. The smallest absolute Gasteiger partial charge is 0.256 e. The Morgan fingerprint density at radius 1 is 1.04 bits per heavy atom. The Kier molecular flexibility index (Phi) is 4.94. The lowest BCUT2D eigenvalue weighted by atomic mass is 10.0. The van der Waals surface area contributed by atoms with Gasteiger partial charge in [-0.2, -0.15) is 5.10 Å². The van der Waals surface area contributed by atoms with E-state index in [0.717, 1.165) is 5.69 Å². The van der Waals surface area contributed by atoms with Crippen LogP contribution in [0.15, 0.2) is 54.7 Å². The van der Waals surface area contributed by atoms with Gasteiger partial charge in [0.15, 0.2) is 5.82 Å². The average Bonchev–Trinajstić information content (AvgIpc) is 3.01. The molecule has 0 radical (unpaired) electrons. The van der Waals surface area contributed by atoms with Crippen LogP contribution in [-0.4, -0.2) is 35.7 Å². The molecule has 0 aliphatic carbocycles. The van der Waals surface area contributed by atoms with Crippen LogP contribution in [-0.2, 0) is 7.05 Å². The van der Waals surface area contributed by atoms with Gasteiger partial charge in [-0.05, 0) is 35.9 Å². The standard InChI is InChI=1S/C20H21N5O2/c1-24(2)14-10-8-13(9-11-14)20(27)22-19-17(12-25(3)23-19)15-6-4-5-7-16(15)18(21)26/h4-12H,1-3H3,(H2,21,26)(H,22,23,27). The number of aromatic nitrogens is 2. The predicted octanol–water partition coefficient (Wildman–Crippen LogP) is 2.50. The summed E-state index contributed by atoms with van der Waals surface area (Å²) >= 11 is 0. The quantitative estimate of drug-likeness (QED) is 0.728. The van der Waals surface area contributed by atoms with Crippen molar-refractivity contribution in [1.82, 2.24) is 9.78 Å². The molecule has 0 bridgehead atoms. The van der Waals surface area contributed by atoms with Crippen LogP contribution in [0, 0.1) is 0 Å². The van der Waals surface area contributed by atoms with Crippen LogP contribution in [0.4, 0.5) is 11.5 Å². The minimum Gasteiger partial charge on any atom is -0.378 e. The van der Waals surface area contributed by atoms with Crippen molar-refractivity contribution >= 4 is 23.3 Å². The van der Waals surface area contributed by atoms with E-state index in [-0.39, 0.29) is 5.91 Å². The van der Waals surface area contributed by atoms with Gasteiger partial charge < -0.3 is 16.0 Å². The van der Waals surface area contributed by atoms with Crippen LogP contribution < -0.4 is 16.0 Å². The fourth-order valence-electron chi connectivity index (χ4n) is 2.80. The van der Waals surface area contributed by atoms with Crippen LogP contribution in [0.2, 0.25) is 0 Å². The second-order valence-corrected chi connectivity index (χ2v) is 6.37. The number of carbonyl (C=O) groups is 2. The van der Waals surface area contributed by atoms with Gasteiger partial charge in [-0.3, -0.25) is 14.3 Å². The Labute approximate surface area is 157 Å². The number of hydrogen-bond acceptors (Lipinski definition) is 4. The van der Waals surface area contributed by atoms with E-state index in [4.69, 9.17) is 5.73 Å². The predicted molar refractivity (Wildman–Crippen MR) is 106 cm³/mol. The van der Waals surface area contributed by atoms with Crippen LogP contribution in [0.1, 0.15) is 20.7 Å². The van der Waals surface area contributed by atoms with E-state index in [1.165, 1.54) is 0 Å². The van der Waals surface area contributed by atoms with Crippen LogP contribution >= 0.6 is 0 Å². The molecule has 2 aromatic carbocycles. The molecule has 0 aliphatic rings. The fourth-order valence-corrected chi connectivity index (χ4v) is 2.80. The maximum absolute atomic E-state index is 12.6. The van der Waals surface area contributed by atoms with Crippen LogP contribution in [0.5, 0.6) is 0 Å². The minimum atomic E-state index is -0.536. The van der Waals surface area contributed by atoms with E-state index in [2.05, 4.69) is 10.4 Å². The zero-order valence-electron chi connectivity index (χ0n) is 15.4. The zero-order chi connectivity index (χ0) is 19.6. The van der Waals surface area contributed by atoms with Crippen molar-refractivity contribution in [2.24, 2.45) is 12.8 Å². The summed E-state index contributed by atoms with van der Waals surface area (Å²) in [7, 11) is 5.62. The number of benzene rings is 2. The lowest BCUT2D eigenvalue weighted by Gasteiger charge is -2.12. The first kappa shape index (κ1) is 18.2. The molecule has 27 heavy (non-hydrogen) atoms. The Morgan fingerprint density at radius 3 is 2.33 bits per heavy atom. The number of anilines is 2. The van der Waals surface area contributed by atoms with Gasteiger partial charge in [0.2, 0.25) is 5.91 Å². The highest BCUT2D eigenvalue weighted by atomic mass is 16.2. The first-order chi connectivity index (χ1) is 12.9. The third kappa shape index (κ3) is 3.82. The van der Waals surface area contributed by atoms with E-state index in [1.807, 2.05) is 31.1 Å². The summed E-state index contributed by atoms with van der Waals surface area (Å²) in [4.78, 5) is 26.3. The summed E-state index contributed by atoms with van der Waals surface area (Å²) in [6, 6.07) is 14.2. The molecule has 3 rings (SSSR count). The number of carbonyl (C=O) groups excluding carboxylic acids is 2. The zero-order valence-corrected chi connectivity index (χ0v) is 15.4. The van der Waals surface area contributed by atoms with Gasteiger partial charge in [-0.15, -0.1) is 0 Å². The molecular weight excluding hydrogens is 342 g/mol. The normalized spacial score (nSPS) is 10.5. The van der Waals surface area contributed by atoms with E-state index in [9.17, 15) is 9.59 Å². The molecule has 0 atom stereocenters. The Morgan fingerprint density at radius 2 is 1.70 bits per heavy atom. The molecule has 0 saturated heterocycles. The molecule has 7 nitrogen and oxygen atoms in total. The third-order valence-electron chi connectivity index (χ3n) is 4.19. The van der Waals surface area contributed by atoms with Gasteiger partial charge in [-0.25, -0.2) is 0 Å². The van der Waals surface area contributed by atoms with Gasteiger partial charge in [0.05, 0.1) is 0 Å². The monoisotopic (exact) mass is 363 g/mol. The van der Waals surface area contributed by atoms with Crippen molar-refractivity contribution < 1.29 is 9.59 Å². The van der Waals surface area contributed by atoms with E-state index < -0.39 is 5.91 Å². The first-order valence-corrected chi connectivity index (χ1v) is 8.38. The van der Waals surface area contributed by atoms with Gasteiger partial charge in [0.25, 0.3) is 5.91 Å². The Balaban J connectivity index is 1.93. The molecule has 0 fully saturated rings. The highest BCUT2D eigenvalue weighted by Gasteiger charge is 2.18. The van der Waals surface area contributed by atoms with Gasteiger partial charge >= 0.3 is 0 Å². The summed E-state index contributed by atoms with van der Waals surface area (Å²) in [6.07, 6.45) is 1.74. The van der Waals surface area contributed by atoms with Crippen LogP contribution in [0.25, 0.3) is 11.1 Å². The van der Waals surface area contributed by atoms with E-state index in [0.29, 0.717) is 28.1 Å². The molecule has 7 heteroatoms. The number of aryl methyl sites for hydroxylation is 1. The van der Waals surface area contributed by atoms with Crippen molar-refractivity contribution in [1.29, 1.82) is 0 Å². The third-order valence-corrected chi connectivity index (χ3v) is 4.19. The number of rotatable bonds is 5. The molecule has 1 heterocycles. The summed E-state index contributed by atoms with van der Waals surface area (Å²) in [5, 5.41) is 7.15. The minimum absolute atomic E-state index is 0.281. The van der Waals surface area contributed by atoms with Crippen molar-refractivity contribution in [2.75, 3.05) is 24.3 Å². The van der Waals surface area contributed by atoms with Crippen molar-refractivity contribution in [3.8, 4) is 11.1 Å². The molecule has 2 amide bonds. The summed E-state index contributed by atoms with van der Waals surface area (Å²) < 4.78 is 1.58. The lowest BCUT2D eigenvalue weighted by Crippen LogP contribution is -2.15.